The second-order valence-corrected chi connectivity index (χ2v) is 2.40. The molecule has 1 aromatic heterocycles. The lowest BCUT2D eigenvalue weighted by Gasteiger charge is -1.93. The minimum Gasteiger partial charge on any atom is -0.481 e. The van der Waals surface area contributed by atoms with E-state index in [1.165, 1.54) is 0 Å². The highest BCUT2D eigenvalue weighted by Gasteiger charge is 2.03. The van der Waals surface area contributed by atoms with Gasteiger partial charge in [0.05, 0.1) is 6.26 Å². The maximum Gasteiger partial charge on any atom is 0.303 e. The molecule has 0 aliphatic carbocycles. The van der Waals surface area contributed by atoms with Gasteiger partial charge in [-0.3, -0.25) is 4.79 Å². The first kappa shape index (κ1) is 7.85. The molecule has 0 spiro atoms. The van der Waals surface area contributed by atoms with Crippen LogP contribution in [0.15, 0.2) is 16.7 Å². The molecule has 11 heavy (non-hydrogen) atoms. The summed E-state index contributed by atoms with van der Waals surface area (Å²) in [6, 6.07) is 1.80. The molecule has 60 valence electrons. The fourth-order valence-corrected chi connectivity index (χ4v) is 0.912. The summed E-state index contributed by atoms with van der Waals surface area (Å²) in [7, 11) is 0. The van der Waals surface area contributed by atoms with Crippen LogP contribution in [0.1, 0.15) is 17.7 Å². The highest BCUT2D eigenvalue weighted by atomic mass is 16.4. The Hall–Kier alpha value is -1.25. The van der Waals surface area contributed by atoms with Crippen LogP contribution >= 0.6 is 0 Å². The van der Waals surface area contributed by atoms with Gasteiger partial charge in [0.15, 0.2) is 0 Å². The number of carboxylic acids is 1. The molecule has 0 fully saturated rings. The molecule has 1 N–H and O–H groups in total. The molecule has 1 aromatic rings. The van der Waals surface area contributed by atoms with Crippen molar-refractivity contribution >= 4 is 5.97 Å². The third kappa shape index (κ3) is 2.11. The Bertz CT molecular complexity index is 250. The summed E-state index contributed by atoms with van der Waals surface area (Å²) in [5, 5.41) is 8.37. The molecule has 3 heteroatoms. The zero-order valence-electron chi connectivity index (χ0n) is 6.33. The number of carbonyl (C=O) groups is 1. The first-order chi connectivity index (χ1) is 5.20. The summed E-state index contributed by atoms with van der Waals surface area (Å²) in [5.41, 5.74) is 0.979. The van der Waals surface area contributed by atoms with Crippen molar-refractivity contribution in [3.63, 3.8) is 0 Å². The lowest BCUT2D eigenvalue weighted by Crippen LogP contribution is -1.97. The van der Waals surface area contributed by atoms with Crippen LogP contribution in [0.4, 0.5) is 0 Å². The normalized spacial score (nSPS) is 9.91. The van der Waals surface area contributed by atoms with Gasteiger partial charge in [0.2, 0.25) is 0 Å². The van der Waals surface area contributed by atoms with Gasteiger partial charge in [0, 0.05) is 6.42 Å². The lowest BCUT2D eigenvalue weighted by molar-refractivity contribution is -0.136. The maximum atomic E-state index is 10.2. The van der Waals surface area contributed by atoms with Crippen LogP contribution in [-0.2, 0) is 11.2 Å². The molecule has 0 aliphatic rings. The molecule has 1 heterocycles. The van der Waals surface area contributed by atoms with Crippen LogP contribution in [0.25, 0.3) is 0 Å². The molecule has 0 atom stereocenters. The predicted octanol–water partition coefficient (Wildman–Crippen LogP) is 1.61. The van der Waals surface area contributed by atoms with Gasteiger partial charge >= 0.3 is 5.97 Å². The van der Waals surface area contributed by atoms with Gasteiger partial charge in [-0.2, -0.15) is 0 Å². The molecule has 0 saturated heterocycles. The van der Waals surface area contributed by atoms with Crippen molar-refractivity contribution in [2.24, 2.45) is 0 Å². The van der Waals surface area contributed by atoms with E-state index in [-0.39, 0.29) is 6.42 Å². The second-order valence-electron chi connectivity index (χ2n) is 2.40. The average molecular weight is 154 g/mol. The molecule has 0 unspecified atom stereocenters. The summed E-state index contributed by atoms with van der Waals surface area (Å²) >= 11 is 0. The molecule has 0 aliphatic heterocycles. The number of aliphatic carboxylic acids is 1. The summed E-state index contributed by atoms with van der Waals surface area (Å²) < 4.78 is 5.00. The summed E-state index contributed by atoms with van der Waals surface area (Å²) in [4.78, 5) is 10.2. The molecular formula is C8H10O3. The Morgan fingerprint density at radius 2 is 2.45 bits per heavy atom. The van der Waals surface area contributed by atoms with Crippen molar-refractivity contribution in [2.75, 3.05) is 0 Å². The Labute approximate surface area is 64.6 Å². The van der Waals surface area contributed by atoms with E-state index in [9.17, 15) is 4.79 Å². The van der Waals surface area contributed by atoms with Crippen LogP contribution in [0.5, 0.6) is 0 Å². The Balaban J connectivity index is 2.51. The SMILES string of the molecule is Cc1occc1CCC(=O)O. The highest BCUT2D eigenvalue weighted by molar-refractivity contribution is 5.67. The van der Waals surface area contributed by atoms with Gasteiger partial charge in [-0.05, 0) is 25.0 Å². The molecule has 3 nitrogen and oxygen atoms in total. The van der Waals surface area contributed by atoms with E-state index in [1.807, 2.05) is 6.92 Å². The van der Waals surface area contributed by atoms with Gasteiger partial charge in [-0.15, -0.1) is 0 Å². The Kier molecular flexibility index (Phi) is 2.31. The fraction of sp³-hybridized carbons (Fsp3) is 0.375. The lowest BCUT2D eigenvalue weighted by atomic mass is 10.1. The van der Waals surface area contributed by atoms with Gasteiger partial charge < -0.3 is 9.52 Å². The zero-order chi connectivity index (χ0) is 8.27. The minimum atomic E-state index is -0.773. The Morgan fingerprint density at radius 3 is 2.91 bits per heavy atom. The second kappa shape index (κ2) is 3.23. The topological polar surface area (TPSA) is 50.4 Å². The molecule has 0 saturated carbocycles. The fourth-order valence-electron chi connectivity index (χ4n) is 0.912. The van der Waals surface area contributed by atoms with Gasteiger partial charge in [-0.1, -0.05) is 0 Å². The molecule has 1 rings (SSSR count). The first-order valence-electron chi connectivity index (χ1n) is 3.45. The van der Waals surface area contributed by atoms with E-state index in [4.69, 9.17) is 9.52 Å². The van der Waals surface area contributed by atoms with Crippen molar-refractivity contribution in [2.45, 2.75) is 19.8 Å². The third-order valence-electron chi connectivity index (χ3n) is 1.57. The van der Waals surface area contributed by atoms with Gasteiger partial charge in [-0.25, -0.2) is 0 Å². The minimum absolute atomic E-state index is 0.167. The summed E-state index contributed by atoms with van der Waals surface area (Å²) in [5.74, 6) is 0.0388. The molecule has 0 radical (unpaired) electrons. The van der Waals surface area contributed by atoms with Crippen LogP contribution in [0.2, 0.25) is 0 Å². The van der Waals surface area contributed by atoms with E-state index in [2.05, 4.69) is 0 Å². The van der Waals surface area contributed by atoms with Crippen LogP contribution in [-0.4, -0.2) is 11.1 Å². The van der Waals surface area contributed by atoms with Crippen molar-refractivity contribution in [3.05, 3.63) is 23.7 Å². The standard InChI is InChI=1S/C8H10O3/c1-6-7(4-5-11-6)2-3-8(9)10/h4-5H,2-3H2,1H3,(H,9,10). The largest absolute Gasteiger partial charge is 0.481 e. The number of furan rings is 1. The monoisotopic (exact) mass is 154 g/mol. The maximum absolute atomic E-state index is 10.2. The van der Waals surface area contributed by atoms with Crippen LogP contribution in [0.3, 0.4) is 0 Å². The number of carboxylic acid groups (broad SMARTS) is 1. The van der Waals surface area contributed by atoms with Crippen molar-refractivity contribution < 1.29 is 14.3 Å². The average Bonchev–Trinajstić information content (AvgIpc) is 2.31. The number of rotatable bonds is 3. The summed E-state index contributed by atoms with van der Waals surface area (Å²) in [6.45, 7) is 1.83. The van der Waals surface area contributed by atoms with E-state index in [0.717, 1.165) is 11.3 Å². The first-order valence-corrected chi connectivity index (χ1v) is 3.45. The van der Waals surface area contributed by atoms with E-state index < -0.39 is 5.97 Å². The van der Waals surface area contributed by atoms with Crippen LogP contribution < -0.4 is 0 Å². The molecule has 0 bridgehead atoms. The predicted molar refractivity (Wildman–Crippen MR) is 39.4 cm³/mol. The Morgan fingerprint density at radius 1 is 1.73 bits per heavy atom. The van der Waals surface area contributed by atoms with E-state index in [0.29, 0.717) is 6.42 Å². The van der Waals surface area contributed by atoms with Crippen molar-refractivity contribution in [3.8, 4) is 0 Å². The summed E-state index contributed by atoms with van der Waals surface area (Å²) in [6.07, 6.45) is 2.30. The van der Waals surface area contributed by atoms with Crippen molar-refractivity contribution in [1.82, 2.24) is 0 Å². The molecule has 0 aromatic carbocycles. The van der Waals surface area contributed by atoms with E-state index >= 15 is 0 Å². The van der Waals surface area contributed by atoms with Crippen LogP contribution in [0, 0.1) is 6.92 Å². The quantitative estimate of drug-likeness (QED) is 0.719. The number of hydrogen-bond acceptors (Lipinski definition) is 2. The molecular weight excluding hydrogens is 144 g/mol. The van der Waals surface area contributed by atoms with Gasteiger partial charge in [0.25, 0.3) is 0 Å². The number of hydrogen-bond donors (Lipinski definition) is 1. The smallest absolute Gasteiger partial charge is 0.303 e. The molecule has 0 amide bonds. The van der Waals surface area contributed by atoms with Gasteiger partial charge in [0.1, 0.15) is 5.76 Å². The van der Waals surface area contributed by atoms with Crippen molar-refractivity contribution in [1.29, 1.82) is 0 Å². The highest BCUT2D eigenvalue weighted by Crippen LogP contribution is 2.10. The zero-order valence-corrected chi connectivity index (χ0v) is 6.33. The number of aryl methyl sites for hydroxylation is 2. The third-order valence-corrected chi connectivity index (χ3v) is 1.57. The van der Waals surface area contributed by atoms with E-state index in [1.54, 1.807) is 12.3 Å².